The second kappa shape index (κ2) is 4.97. The van der Waals surface area contributed by atoms with Crippen molar-refractivity contribution in [1.82, 2.24) is 0 Å². The van der Waals surface area contributed by atoms with E-state index in [-0.39, 0.29) is 5.82 Å². The Hall–Kier alpha value is -1.87. The molecule has 2 nitrogen and oxygen atoms in total. The lowest BCUT2D eigenvalue weighted by molar-refractivity contribution is -0.354. The van der Waals surface area contributed by atoms with Crippen molar-refractivity contribution in [2.45, 2.75) is 0 Å². The largest absolute Gasteiger partial charge is 0.618 e. The molecule has 0 aliphatic rings. The zero-order valence-corrected chi connectivity index (χ0v) is 9.56. The number of hydrogen-bond acceptors (Lipinski definition) is 1. The molecule has 0 radical (unpaired) electrons. The van der Waals surface area contributed by atoms with E-state index in [1.54, 1.807) is 36.4 Å². The highest BCUT2D eigenvalue weighted by molar-refractivity contribution is 6.30. The Morgan fingerprint density at radius 2 is 1.82 bits per heavy atom. The standard InChI is InChI=1S/C13H9ClFNO/c14-11-4-6-13(7-5-11)16(17)9-10-2-1-3-12(15)8-10/h1-9H/b16-9-. The molecule has 86 valence electrons. The van der Waals surface area contributed by atoms with Crippen LogP contribution in [-0.4, -0.2) is 11.0 Å². The first kappa shape index (κ1) is 11.6. The monoisotopic (exact) mass is 249 g/mol. The van der Waals surface area contributed by atoms with Gasteiger partial charge in [0, 0.05) is 22.7 Å². The van der Waals surface area contributed by atoms with E-state index < -0.39 is 0 Å². The Kier molecular flexibility index (Phi) is 3.40. The van der Waals surface area contributed by atoms with Crippen molar-refractivity contribution in [1.29, 1.82) is 0 Å². The molecule has 0 heterocycles. The molecule has 0 amide bonds. The molecule has 0 unspecified atom stereocenters. The molecule has 0 fully saturated rings. The Morgan fingerprint density at radius 3 is 2.47 bits per heavy atom. The third kappa shape index (κ3) is 3.04. The summed E-state index contributed by atoms with van der Waals surface area (Å²) in [6.07, 6.45) is 1.31. The summed E-state index contributed by atoms with van der Waals surface area (Å²) < 4.78 is 13.6. The van der Waals surface area contributed by atoms with Crippen LogP contribution in [0.2, 0.25) is 5.02 Å². The highest BCUT2D eigenvalue weighted by Gasteiger charge is 2.02. The third-order valence-corrected chi connectivity index (χ3v) is 2.45. The Morgan fingerprint density at radius 1 is 1.12 bits per heavy atom. The van der Waals surface area contributed by atoms with Gasteiger partial charge in [-0.3, -0.25) is 0 Å². The molecule has 0 N–H and O–H groups in total. The Labute approximate surface area is 103 Å². The SMILES string of the molecule is [O-]/[N+](=C\c1cccc(F)c1)c1ccc(Cl)cc1. The fraction of sp³-hybridized carbons (Fsp3) is 0. The normalized spacial score (nSPS) is 11.5. The first-order valence-electron chi connectivity index (χ1n) is 4.97. The van der Waals surface area contributed by atoms with Gasteiger partial charge < -0.3 is 5.21 Å². The summed E-state index contributed by atoms with van der Waals surface area (Å²) >= 11 is 5.72. The van der Waals surface area contributed by atoms with E-state index in [0.717, 1.165) is 0 Å². The average Bonchev–Trinajstić information content (AvgIpc) is 2.29. The van der Waals surface area contributed by atoms with E-state index >= 15 is 0 Å². The molecular formula is C13H9ClFNO. The van der Waals surface area contributed by atoms with Gasteiger partial charge in [0.1, 0.15) is 5.82 Å². The fourth-order valence-corrected chi connectivity index (χ4v) is 1.51. The van der Waals surface area contributed by atoms with Gasteiger partial charge in [0.15, 0.2) is 6.21 Å². The summed E-state index contributed by atoms with van der Waals surface area (Å²) in [5.41, 5.74) is 0.952. The van der Waals surface area contributed by atoms with Gasteiger partial charge in [0.05, 0.1) is 0 Å². The van der Waals surface area contributed by atoms with Crippen molar-refractivity contribution in [3.05, 3.63) is 70.1 Å². The predicted molar refractivity (Wildman–Crippen MR) is 66.3 cm³/mol. The van der Waals surface area contributed by atoms with Crippen LogP contribution in [0.3, 0.4) is 0 Å². The van der Waals surface area contributed by atoms with Gasteiger partial charge >= 0.3 is 0 Å². The maximum atomic E-state index is 12.9. The van der Waals surface area contributed by atoms with Gasteiger partial charge in [-0.25, -0.2) is 4.39 Å². The molecule has 0 bridgehead atoms. The Balaban J connectivity index is 2.30. The molecule has 0 aliphatic carbocycles. The quantitative estimate of drug-likeness (QED) is 0.345. The van der Waals surface area contributed by atoms with Crippen molar-refractivity contribution in [3.8, 4) is 0 Å². The molecule has 17 heavy (non-hydrogen) atoms. The van der Waals surface area contributed by atoms with Crippen LogP contribution < -0.4 is 0 Å². The van der Waals surface area contributed by atoms with E-state index in [4.69, 9.17) is 11.6 Å². The Bertz CT molecular complexity index is 552. The first-order valence-corrected chi connectivity index (χ1v) is 5.35. The van der Waals surface area contributed by atoms with Crippen LogP contribution in [0, 0.1) is 11.0 Å². The van der Waals surface area contributed by atoms with E-state index in [9.17, 15) is 9.60 Å². The number of halogens is 2. The average molecular weight is 250 g/mol. The highest BCUT2D eigenvalue weighted by Crippen LogP contribution is 2.15. The summed E-state index contributed by atoms with van der Waals surface area (Å²) in [4.78, 5) is 0. The number of nitrogens with zero attached hydrogens (tertiary/aromatic N) is 1. The van der Waals surface area contributed by atoms with E-state index in [1.165, 1.54) is 18.3 Å². The summed E-state index contributed by atoms with van der Waals surface area (Å²) in [6, 6.07) is 12.3. The van der Waals surface area contributed by atoms with Gasteiger partial charge in [-0.05, 0) is 30.3 Å². The maximum absolute atomic E-state index is 12.9. The molecule has 2 aromatic rings. The first-order chi connectivity index (χ1) is 8.15. The fourth-order valence-electron chi connectivity index (χ4n) is 1.38. The van der Waals surface area contributed by atoms with Gasteiger partial charge in [0.2, 0.25) is 5.69 Å². The van der Waals surface area contributed by atoms with Crippen LogP contribution in [0.15, 0.2) is 48.5 Å². The lowest BCUT2D eigenvalue weighted by atomic mass is 10.2. The smallest absolute Gasteiger partial charge is 0.216 e. The maximum Gasteiger partial charge on any atom is 0.216 e. The van der Waals surface area contributed by atoms with Gasteiger partial charge in [-0.1, -0.05) is 17.7 Å². The third-order valence-electron chi connectivity index (χ3n) is 2.20. The van der Waals surface area contributed by atoms with Crippen molar-refractivity contribution >= 4 is 23.5 Å². The van der Waals surface area contributed by atoms with Gasteiger partial charge in [-0.15, -0.1) is 0 Å². The molecule has 0 aromatic heterocycles. The minimum atomic E-state index is -0.372. The summed E-state index contributed by atoms with van der Waals surface area (Å²) in [7, 11) is 0. The molecular weight excluding hydrogens is 241 g/mol. The van der Waals surface area contributed by atoms with Crippen LogP contribution >= 0.6 is 11.6 Å². The second-order valence-corrected chi connectivity index (χ2v) is 3.92. The number of hydrogen-bond donors (Lipinski definition) is 0. The number of rotatable bonds is 2. The summed E-state index contributed by atoms with van der Waals surface area (Å²) in [5.74, 6) is -0.372. The summed E-state index contributed by atoms with van der Waals surface area (Å²) in [6.45, 7) is 0. The van der Waals surface area contributed by atoms with Crippen molar-refractivity contribution < 1.29 is 9.13 Å². The highest BCUT2D eigenvalue weighted by atomic mass is 35.5. The van der Waals surface area contributed by atoms with Crippen LogP contribution in [-0.2, 0) is 0 Å². The van der Waals surface area contributed by atoms with Crippen LogP contribution in [0.4, 0.5) is 10.1 Å². The van der Waals surface area contributed by atoms with Crippen LogP contribution in [0.1, 0.15) is 5.56 Å². The molecule has 0 saturated heterocycles. The van der Waals surface area contributed by atoms with Gasteiger partial charge in [-0.2, -0.15) is 4.74 Å². The van der Waals surface area contributed by atoms with Crippen molar-refractivity contribution in [3.63, 3.8) is 0 Å². The molecule has 2 rings (SSSR count). The lowest BCUT2D eigenvalue weighted by Gasteiger charge is -2.02. The second-order valence-electron chi connectivity index (χ2n) is 3.49. The zero-order chi connectivity index (χ0) is 12.3. The van der Waals surface area contributed by atoms with E-state index in [1.807, 2.05) is 0 Å². The van der Waals surface area contributed by atoms with Crippen LogP contribution in [0.25, 0.3) is 0 Å². The molecule has 0 aliphatic heterocycles. The molecule has 2 aromatic carbocycles. The predicted octanol–water partition coefficient (Wildman–Crippen LogP) is 3.74. The van der Waals surface area contributed by atoms with Crippen LogP contribution in [0.5, 0.6) is 0 Å². The lowest BCUT2D eigenvalue weighted by Crippen LogP contribution is -1.98. The zero-order valence-electron chi connectivity index (χ0n) is 8.81. The molecule has 0 saturated carbocycles. The minimum Gasteiger partial charge on any atom is -0.618 e. The molecule has 4 heteroatoms. The minimum absolute atomic E-state index is 0.372. The van der Waals surface area contributed by atoms with E-state index in [0.29, 0.717) is 21.0 Å². The number of benzene rings is 2. The van der Waals surface area contributed by atoms with Gasteiger partial charge in [0.25, 0.3) is 0 Å². The topological polar surface area (TPSA) is 26.1 Å². The van der Waals surface area contributed by atoms with Crippen molar-refractivity contribution in [2.24, 2.45) is 0 Å². The molecule has 0 atom stereocenters. The van der Waals surface area contributed by atoms with E-state index in [2.05, 4.69) is 0 Å². The molecule has 0 spiro atoms. The summed E-state index contributed by atoms with van der Waals surface area (Å²) in [5, 5.41) is 12.3. The van der Waals surface area contributed by atoms with Crippen molar-refractivity contribution in [2.75, 3.05) is 0 Å².